The molecule has 9 heteroatoms. The van der Waals surface area contributed by atoms with Crippen LogP contribution >= 0.6 is 0 Å². The Balaban J connectivity index is 2.37. The smallest absolute Gasteiger partial charge is 0.250 e. The number of carbonyl (C=O) groups excluding carboxylic acids is 2. The second kappa shape index (κ2) is 7.12. The van der Waals surface area contributed by atoms with Gasteiger partial charge in [0.25, 0.3) is 5.91 Å². The Hall–Kier alpha value is -2.94. The van der Waals surface area contributed by atoms with Crippen molar-refractivity contribution in [3.63, 3.8) is 0 Å². The molecule has 0 radical (unpaired) electrons. The number of nitrogen functional groups attached to an aromatic ring is 1. The van der Waals surface area contributed by atoms with Gasteiger partial charge in [-0.2, -0.15) is 0 Å². The van der Waals surface area contributed by atoms with Crippen LogP contribution in [0.15, 0.2) is 36.4 Å². The van der Waals surface area contributed by atoms with E-state index in [2.05, 4.69) is 0 Å². The summed E-state index contributed by atoms with van der Waals surface area (Å²) in [7, 11) is -3.70. The maximum atomic E-state index is 14.5. The minimum Gasteiger partial charge on any atom is -0.398 e. The van der Waals surface area contributed by atoms with E-state index >= 15 is 0 Å². The Morgan fingerprint density at radius 1 is 1.15 bits per heavy atom. The van der Waals surface area contributed by atoms with E-state index in [0.717, 1.165) is 12.3 Å². The summed E-state index contributed by atoms with van der Waals surface area (Å²) in [5, 5.41) is 0. The van der Waals surface area contributed by atoms with Gasteiger partial charge < -0.3 is 11.5 Å². The average Bonchev–Trinajstić information content (AvgIpc) is 2.53. The van der Waals surface area contributed by atoms with Crippen molar-refractivity contribution in [2.75, 3.05) is 12.0 Å². The van der Waals surface area contributed by atoms with Gasteiger partial charge in [0.05, 0.1) is 17.7 Å². The van der Waals surface area contributed by atoms with E-state index in [9.17, 15) is 22.4 Å². The fraction of sp³-hybridized carbons (Fsp3) is 0.176. The SMILES string of the molecule is CC(C(=O)NS(C)(=O)=O)c1ccc(-c2ccc(N)c(C(N)=O)c2)c(F)c1. The quantitative estimate of drug-likeness (QED) is 0.675. The highest BCUT2D eigenvalue weighted by Gasteiger charge is 2.20. The maximum Gasteiger partial charge on any atom is 0.250 e. The zero-order chi connectivity index (χ0) is 19.6. The molecular weight excluding hydrogens is 361 g/mol. The molecule has 2 aromatic carbocycles. The Morgan fingerprint density at radius 3 is 2.35 bits per heavy atom. The third kappa shape index (κ3) is 4.37. The molecule has 0 heterocycles. The molecule has 1 atom stereocenters. The Kier molecular flexibility index (Phi) is 5.31. The maximum absolute atomic E-state index is 14.5. The van der Waals surface area contributed by atoms with Gasteiger partial charge >= 0.3 is 0 Å². The lowest BCUT2D eigenvalue weighted by Crippen LogP contribution is -2.32. The number of halogens is 1. The highest BCUT2D eigenvalue weighted by atomic mass is 32.2. The molecule has 0 aliphatic heterocycles. The van der Waals surface area contributed by atoms with E-state index in [1.165, 1.54) is 31.2 Å². The predicted octanol–water partition coefficient (Wildman–Crippen LogP) is 1.35. The van der Waals surface area contributed by atoms with Crippen molar-refractivity contribution in [2.45, 2.75) is 12.8 Å². The van der Waals surface area contributed by atoms with Crippen molar-refractivity contribution in [3.05, 3.63) is 53.3 Å². The number of carbonyl (C=O) groups is 2. The fourth-order valence-corrected chi connectivity index (χ4v) is 2.94. The number of nitrogens with two attached hydrogens (primary N) is 2. The normalized spacial score (nSPS) is 12.4. The van der Waals surface area contributed by atoms with Crippen molar-refractivity contribution in [2.24, 2.45) is 5.73 Å². The first-order valence-electron chi connectivity index (χ1n) is 7.50. The van der Waals surface area contributed by atoms with Gasteiger partial charge in [-0.3, -0.25) is 14.3 Å². The summed E-state index contributed by atoms with van der Waals surface area (Å²) in [6.07, 6.45) is 0.860. The first kappa shape index (κ1) is 19.4. The van der Waals surface area contributed by atoms with Gasteiger partial charge in [-0.1, -0.05) is 18.2 Å². The third-order valence-electron chi connectivity index (χ3n) is 3.80. The predicted molar refractivity (Wildman–Crippen MR) is 96.2 cm³/mol. The van der Waals surface area contributed by atoms with Gasteiger partial charge in [0, 0.05) is 11.3 Å². The zero-order valence-electron chi connectivity index (χ0n) is 14.1. The molecule has 1 unspecified atom stereocenters. The van der Waals surface area contributed by atoms with Crippen LogP contribution in [0.25, 0.3) is 11.1 Å². The van der Waals surface area contributed by atoms with Gasteiger partial charge in [0.15, 0.2) is 0 Å². The molecule has 0 aromatic heterocycles. The van der Waals surface area contributed by atoms with Crippen molar-refractivity contribution in [1.29, 1.82) is 0 Å². The first-order valence-corrected chi connectivity index (χ1v) is 9.39. The molecule has 0 aliphatic rings. The molecular formula is C17H18FN3O4S. The summed E-state index contributed by atoms with van der Waals surface area (Å²) in [4.78, 5) is 23.3. The van der Waals surface area contributed by atoms with E-state index in [-0.39, 0.29) is 16.8 Å². The second-order valence-electron chi connectivity index (χ2n) is 5.87. The Labute approximate surface area is 150 Å². The number of amides is 2. The van der Waals surface area contributed by atoms with Crippen LogP contribution in [0.4, 0.5) is 10.1 Å². The summed E-state index contributed by atoms with van der Waals surface area (Å²) >= 11 is 0. The number of rotatable bonds is 5. The lowest BCUT2D eigenvalue weighted by Gasteiger charge is -2.13. The largest absolute Gasteiger partial charge is 0.398 e. The molecule has 2 amide bonds. The van der Waals surface area contributed by atoms with Crippen LogP contribution < -0.4 is 16.2 Å². The van der Waals surface area contributed by atoms with Crippen LogP contribution in [-0.4, -0.2) is 26.5 Å². The molecule has 0 spiro atoms. The highest BCUT2D eigenvalue weighted by molar-refractivity contribution is 7.89. The van der Waals surface area contributed by atoms with Gasteiger partial charge in [-0.15, -0.1) is 0 Å². The molecule has 0 saturated heterocycles. The standard InChI is InChI=1S/C17H18FN3O4S/c1-9(17(23)21-26(2,24)25)10-3-5-12(14(18)8-10)11-4-6-15(19)13(7-11)16(20)22/h3-9H,19H2,1-2H3,(H2,20,22)(H,21,23). The average molecular weight is 379 g/mol. The topological polar surface area (TPSA) is 132 Å². The molecule has 138 valence electrons. The fourth-order valence-electron chi connectivity index (χ4n) is 2.39. The second-order valence-corrected chi connectivity index (χ2v) is 7.61. The van der Waals surface area contributed by atoms with Gasteiger partial charge in [0.1, 0.15) is 5.82 Å². The number of nitrogens with one attached hydrogen (secondary N) is 1. The number of primary amides is 1. The number of benzene rings is 2. The molecule has 5 N–H and O–H groups in total. The molecule has 0 bridgehead atoms. The molecule has 0 fully saturated rings. The van der Waals surface area contributed by atoms with E-state index in [1.54, 1.807) is 6.07 Å². The molecule has 7 nitrogen and oxygen atoms in total. The number of hydrogen-bond donors (Lipinski definition) is 3. The summed E-state index contributed by atoms with van der Waals surface area (Å²) < 4.78 is 38.7. The monoisotopic (exact) mass is 379 g/mol. The minimum absolute atomic E-state index is 0.0758. The van der Waals surface area contributed by atoms with E-state index < -0.39 is 33.6 Å². The Morgan fingerprint density at radius 2 is 1.81 bits per heavy atom. The van der Waals surface area contributed by atoms with E-state index in [1.807, 2.05) is 4.72 Å². The molecule has 0 saturated carbocycles. The summed E-state index contributed by atoms with van der Waals surface area (Å²) in [5.74, 6) is -3.00. The van der Waals surface area contributed by atoms with Crippen molar-refractivity contribution in [1.82, 2.24) is 4.72 Å². The minimum atomic E-state index is -3.70. The van der Waals surface area contributed by atoms with Crippen LogP contribution in [-0.2, 0) is 14.8 Å². The summed E-state index contributed by atoms with van der Waals surface area (Å²) in [6.45, 7) is 1.46. The molecule has 2 rings (SSSR count). The molecule has 2 aromatic rings. The zero-order valence-corrected chi connectivity index (χ0v) is 14.9. The third-order valence-corrected chi connectivity index (χ3v) is 4.37. The van der Waals surface area contributed by atoms with Crippen LogP contribution in [0.2, 0.25) is 0 Å². The van der Waals surface area contributed by atoms with Crippen molar-refractivity contribution < 1.29 is 22.4 Å². The van der Waals surface area contributed by atoms with E-state index in [0.29, 0.717) is 11.1 Å². The van der Waals surface area contributed by atoms with Gasteiger partial charge in [0.2, 0.25) is 15.9 Å². The van der Waals surface area contributed by atoms with Crippen LogP contribution in [0.3, 0.4) is 0 Å². The van der Waals surface area contributed by atoms with Crippen molar-refractivity contribution >= 4 is 27.5 Å². The molecule has 26 heavy (non-hydrogen) atoms. The summed E-state index contributed by atoms with van der Waals surface area (Å²) in [5.41, 5.74) is 12.1. The van der Waals surface area contributed by atoms with Gasteiger partial charge in [-0.25, -0.2) is 12.8 Å². The lowest BCUT2D eigenvalue weighted by atomic mass is 9.95. The van der Waals surface area contributed by atoms with Crippen molar-refractivity contribution in [3.8, 4) is 11.1 Å². The lowest BCUT2D eigenvalue weighted by molar-refractivity contribution is -0.120. The highest BCUT2D eigenvalue weighted by Crippen LogP contribution is 2.28. The van der Waals surface area contributed by atoms with Crippen LogP contribution in [0, 0.1) is 5.82 Å². The number of sulfonamides is 1. The van der Waals surface area contributed by atoms with Crippen LogP contribution in [0.5, 0.6) is 0 Å². The summed E-state index contributed by atoms with van der Waals surface area (Å²) in [6, 6.07) is 8.46. The Bertz CT molecular complexity index is 989. The first-order chi connectivity index (χ1) is 12.0. The van der Waals surface area contributed by atoms with Crippen LogP contribution in [0.1, 0.15) is 28.8 Å². The van der Waals surface area contributed by atoms with Gasteiger partial charge in [-0.05, 0) is 36.2 Å². The number of anilines is 1. The van der Waals surface area contributed by atoms with E-state index in [4.69, 9.17) is 11.5 Å². The number of hydrogen-bond acceptors (Lipinski definition) is 5. The molecule has 0 aliphatic carbocycles.